The number of methoxy groups -OCH3 is 1. The number of hydrogen-bond acceptors (Lipinski definition) is 2. The highest BCUT2D eigenvalue weighted by Crippen LogP contribution is 2.20. The normalized spacial score (nSPS) is 10.7. The molecule has 3 heteroatoms. The van der Waals surface area contributed by atoms with Crippen molar-refractivity contribution in [2.24, 2.45) is 0 Å². The number of anilines is 1. The molecule has 0 aliphatic heterocycles. The Labute approximate surface area is 102 Å². The molecule has 2 N–H and O–H groups in total. The Kier molecular flexibility index (Phi) is 3.94. The second-order valence-electron chi connectivity index (χ2n) is 4.18. The molecule has 0 unspecified atom stereocenters. The monoisotopic (exact) mass is 231 g/mol. The minimum absolute atomic E-state index is 0.795. The fraction of sp³-hybridized carbons (Fsp3) is 0.357. The van der Waals surface area contributed by atoms with Crippen LogP contribution in [0.3, 0.4) is 0 Å². The fourth-order valence-corrected chi connectivity index (χ4v) is 1.96. The molecule has 0 saturated carbocycles. The topological polar surface area (TPSA) is 35.4 Å². The molecule has 0 radical (unpaired) electrons. The molecule has 0 aliphatic rings. The number of fused-ring (bicyclic) bond motifs is 1. The van der Waals surface area contributed by atoms with Gasteiger partial charge in [-0.15, -0.1) is 0 Å². The molecule has 17 heavy (non-hydrogen) atoms. The van der Waals surface area contributed by atoms with E-state index in [1.54, 1.807) is 7.11 Å². The van der Waals surface area contributed by atoms with Gasteiger partial charge in [0.2, 0.25) is 5.52 Å². The first-order valence-electron chi connectivity index (χ1n) is 5.96. The second kappa shape index (κ2) is 5.64. The first-order chi connectivity index (χ1) is 8.31. The van der Waals surface area contributed by atoms with Crippen LogP contribution in [0.25, 0.3) is 10.9 Å². The molecule has 0 saturated heterocycles. The van der Waals surface area contributed by atoms with Crippen molar-refractivity contribution in [3.05, 3.63) is 36.0 Å². The zero-order chi connectivity index (χ0) is 12.1. The van der Waals surface area contributed by atoms with E-state index in [0.29, 0.717) is 0 Å². The molecule has 0 spiro atoms. The maximum absolute atomic E-state index is 5.04. The third-order valence-corrected chi connectivity index (χ3v) is 2.75. The Balaban J connectivity index is 2.20. The van der Waals surface area contributed by atoms with Gasteiger partial charge in [0.1, 0.15) is 0 Å². The van der Waals surface area contributed by atoms with E-state index < -0.39 is 0 Å². The van der Waals surface area contributed by atoms with Crippen molar-refractivity contribution in [2.75, 3.05) is 25.6 Å². The van der Waals surface area contributed by atoms with Crippen LogP contribution >= 0.6 is 0 Å². The van der Waals surface area contributed by atoms with Crippen LogP contribution in [-0.2, 0) is 4.74 Å². The lowest BCUT2D eigenvalue weighted by atomic mass is 10.1. The van der Waals surface area contributed by atoms with Crippen molar-refractivity contribution < 1.29 is 9.72 Å². The molecule has 0 aliphatic carbocycles. The number of benzene rings is 1. The number of hydrogen-bond donors (Lipinski definition) is 1. The number of aromatic nitrogens is 1. The zero-order valence-corrected chi connectivity index (χ0v) is 10.4. The van der Waals surface area contributed by atoms with Gasteiger partial charge in [-0.1, -0.05) is 12.1 Å². The van der Waals surface area contributed by atoms with Gasteiger partial charge in [-0.05, 0) is 12.5 Å². The van der Waals surface area contributed by atoms with Gasteiger partial charge in [0, 0.05) is 39.3 Å². The first-order valence-corrected chi connectivity index (χ1v) is 5.96. The Hall–Kier alpha value is -1.61. The van der Waals surface area contributed by atoms with Crippen molar-refractivity contribution in [1.29, 1.82) is 0 Å². The molecule has 0 fully saturated rings. The summed E-state index contributed by atoms with van der Waals surface area (Å²) in [6.45, 7) is 3.80. The smallest absolute Gasteiger partial charge is 0.213 e. The van der Waals surface area contributed by atoms with Gasteiger partial charge in [0.25, 0.3) is 0 Å². The average molecular weight is 231 g/mol. The summed E-state index contributed by atoms with van der Waals surface area (Å²) in [6.07, 6.45) is 1.02. The predicted octanol–water partition coefficient (Wildman–Crippen LogP) is 2.41. The molecule has 1 aromatic heterocycles. The molecular weight excluding hydrogens is 212 g/mol. The molecule has 1 aromatic carbocycles. The highest BCUT2D eigenvalue weighted by atomic mass is 16.5. The summed E-state index contributed by atoms with van der Waals surface area (Å²) in [5.41, 5.74) is 3.52. The lowest BCUT2D eigenvalue weighted by Crippen LogP contribution is -2.12. The molecule has 0 bridgehead atoms. The van der Waals surface area contributed by atoms with E-state index in [0.717, 1.165) is 25.3 Å². The number of H-pyrrole nitrogens is 1. The number of ether oxygens (including phenoxy) is 1. The minimum atomic E-state index is 0.795. The molecule has 90 valence electrons. The SMILES string of the molecule is COCCCNc1cc(C)[nH+]c2ccccc12. The number of nitrogens with one attached hydrogen (secondary N) is 2. The first kappa shape index (κ1) is 11.9. The molecule has 0 amide bonds. The Morgan fingerprint density at radius 3 is 2.94 bits per heavy atom. The van der Waals surface area contributed by atoms with Crippen LogP contribution in [0.1, 0.15) is 12.1 Å². The fourth-order valence-electron chi connectivity index (χ4n) is 1.96. The van der Waals surface area contributed by atoms with Gasteiger partial charge in [-0.25, -0.2) is 4.98 Å². The van der Waals surface area contributed by atoms with Gasteiger partial charge in [-0.3, -0.25) is 0 Å². The highest BCUT2D eigenvalue weighted by molar-refractivity contribution is 5.89. The third-order valence-electron chi connectivity index (χ3n) is 2.75. The van der Waals surface area contributed by atoms with Gasteiger partial charge in [0.05, 0.1) is 11.1 Å². The predicted molar refractivity (Wildman–Crippen MR) is 70.2 cm³/mol. The van der Waals surface area contributed by atoms with E-state index in [1.807, 2.05) is 6.07 Å². The largest absolute Gasteiger partial charge is 0.385 e. The Morgan fingerprint density at radius 2 is 2.12 bits per heavy atom. The van der Waals surface area contributed by atoms with E-state index in [9.17, 15) is 0 Å². The summed E-state index contributed by atoms with van der Waals surface area (Å²) in [5.74, 6) is 0. The number of aryl methyl sites for hydroxylation is 1. The van der Waals surface area contributed by atoms with Gasteiger partial charge < -0.3 is 10.1 Å². The maximum Gasteiger partial charge on any atom is 0.213 e. The van der Waals surface area contributed by atoms with Crippen LogP contribution in [-0.4, -0.2) is 20.3 Å². The summed E-state index contributed by atoms with van der Waals surface area (Å²) in [4.78, 5) is 3.37. The van der Waals surface area contributed by atoms with E-state index >= 15 is 0 Å². The van der Waals surface area contributed by atoms with Crippen molar-refractivity contribution >= 4 is 16.6 Å². The third kappa shape index (κ3) is 2.94. The molecule has 3 nitrogen and oxygen atoms in total. The highest BCUT2D eigenvalue weighted by Gasteiger charge is 2.07. The Morgan fingerprint density at radius 1 is 1.29 bits per heavy atom. The van der Waals surface area contributed by atoms with Crippen LogP contribution < -0.4 is 10.3 Å². The lowest BCUT2D eigenvalue weighted by molar-refractivity contribution is -0.354. The molecule has 1 heterocycles. The maximum atomic E-state index is 5.04. The van der Waals surface area contributed by atoms with Crippen molar-refractivity contribution in [2.45, 2.75) is 13.3 Å². The minimum Gasteiger partial charge on any atom is -0.385 e. The number of rotatable bonds is 5. The van der Waals surface area contributed by atoms with Crippen molar-refractivity contribution in [1.82, 2.24) is 0 Å². The summed E-state index contributed by atoms with van der Waals surface area (Å²) in [6, 6.07) is 10.5. The van der Waals surface area contributed by atoms with E-state index in [-0.39, 0.29) is 0 Å². The summed E-state index contributed by atoms with van der Waals surface area (Å²) in [7, 11) is 1.73. The molecule has 2 rings (SSSR count). The molecule has 0 atom stereocenters. The van der Waals surface area contributed by atoms with E-state index in [2.05, 4.69) is 41.5 Å². The summed E-state index contributed by atoms with van der Waals surface area (Å²) >= 11 is 0. The van der Waals surface area contributed by atoms with Gasteiger partial charge in [0.15, 0.2) is 5.69 Å². The average Bonchev–Trinajstić information content (AvgIpc) is 2.34. The standard InChI is InChI=1S/C14H18N2O/c1-11-10-14(15-8-5-9-17-2)12-6-3-4-7-13(12)16-11/h3-4,6-7,10H,5,8-9H2,1-2H3,(H,15,16)/p+1. The Bertz CT molecular complexity index is 497. The zero-order valence-electron chi connectivity index (χ0n) is 10.4. The number of para-hydroxylation sites is 1. The second-order valence-corrected chi connectivity index (χ2v) is 4.18. The summed E-state index contributed by atoms with van der Waals surface area (Å²) in [5, 5.41) is 4.70. The molecule has 2 aromatic rings. The summed E-state index contributed by atoms with van der Waals surface area (Å²) < 4.78 is 5.04. The number of aromatic amines is 1. The lowest BCUT2D eigenvalue weighted by Gasteiger charge is -2.07. The number of pyridine rings is 1. The van der Waals surface area contributed by atoms with Crippen LogP contribution in [0.2, 0.25) is 0 Å². The van der Waals surface area contributed by atoms with E-state index in [4.69, 9.17) is 4.74 Å². The van der Waals surface area contributed by atoms with Crippen LogP contribution in [0.4, 0.5) is 5.69 Å². The van der Waals surface area contributed by atoms with Gasteiger partial charge in [-0.2, -0.15) is 0 Å². The van der Waals surface area contributed by atoms with Gasteiger partial charge >= 0.3 is 0 Å². The van der Waals surface area contributed by atoms with Crippen LogP contribution in [0.15, 0.2) is 30.3 Å². The van der Waals surface area contributed by atoms with Crippen LogP contribution in [0, 0.1) is 6.92 Å². The van der Waals surface area contributed by atoms with Crippen molar-refractivity contribution in [3.8, 4) is 0 Å². The van der Waals surface area contributed by atoms with Crippen molar-refractivity contribution in [3.63, 3.8) is 0 Å². The van der Waals surface area contributed by atoms with E-state index in [1.165, 1.54) is 16.6 Å². The van der Waals surface area contributed by atoms with Crippen LogP contribution in [0.5, 0.6) is 0 Å². The molecular formula is C14H19N2O+. The quantitative estimate of drug-likeness (QED) is 0.802.